The molecular formula is C31H30ClN3O2. The molecule has 3 aromatic carbocycles. The lowest BCUT2D eigenvalue weighted by Gasteiger charge is -2.31. The zero-order chi connectivity index (χ0) is 25.9. The van der Waals surface area contributed by atoms with Crippen LogP contribution in [0.4, 0.5) is 0 Å². The van der Waals surface area contributed by atoms with Crippen LogP contribution in [0, 0.1) is 0 Å². The van der Waals surface area contributed by atoms with Crippen molar-refractivity contribution >= 4 is 23.4 Å². The van der Waals surface area contributed by atoms with E-state index in [1.165, 1.54) is 0 Å². The normalized spacial score (nSPS) is 11.5. The summed E-state index contributed by atoms with van der Waals surface area (Å²) in [5, 5.41) is 3.66. The number of nitrogens with zero attached hydrogens (tertiary/aromatic N) is 2. The minimum Gasteiger partial charge on any atom is -0.350 e. The molecule has 0 radical (unpaired) electrons. The standard InChI is InChI=1S/C31H30ClN3O2/c32-28-16-13-26(14-17-28)23-35(30(36)18-15-24-8-3-1-4-9-24)29(20-25-10-5-2-6-11-25)31(37)34-22-27-12-7-19-33-21-27/h1-14,16-17,19,21,29H,15,18,20,22-23H2,(H,34,37)/t29-/m0/s1. The van der Waals surface area contributed by atoms with Gasteiger partial charge in [0.2, 0.25) is 11.8 Å². The third-order valence-corrected chi connectivity index (χ3v) is 6.45. The van der Waals surface area contributed by atoms with Crippen LogP contribution in [0.25, 0.3) is 0 Å². The third-order valence-electron chi connectivity index (χ3n) is 6.20. The van der Waals surface area contributed by atoms with E-state index in [1.807, 2.05) is 84.9 Å². The van der Waals surface area contributed by atoms with Crippen LogP contribution < -0.4 is 5.32 Å². The Labute approximate surface area is 223 Å². The molecule has 0 fully saturated rings. The second-order valence-corrected chi connectivity index (χ2v) is 9.35. The summed E-state index contributed by atoms with van der Waals surface area (Å²) in [6.45, 7) is 0.646. The van der Waals surface area contributed by atoms with Gasteiger partial charge in [-0.1, -0.05) is 90.5 Å². The fourth-order valence-electron chi connectivity index (χ4n) is 4.19. The number of hydrogen-bond acceptors (Lipinski definition) is 3. The summed E-state index contributed by atoms with van der Waals surface area (Å²) in [6.07, 6.45) is 4.74. The predicted molar refractivity (Wildman–Crippen MR) is 147 cm³/mol. The first kappa shape index (κ1) is 26.1. The van der Waals surface area contributed by atoms with Crippen molar-refractivity contribution in [3.8, 4) is 0 Å². The highest BCUT2D eigenvalue weighted by Crippen LogP contribution is 2.18. The molecule has 0 aliphatic rings. The van der Waals surface area contributed by atoms with Crippen molar-refractivity contribution in [3.63, 3.8) is 0 Å². The smallest absolute Gasteiger partial charge is 0.243 e. The van der Waals surface area contributed by atoms with Crippen molar-refractivity contribution in [2.24, 2.45) is 0 Å². The van der Waals surface area contributed by atoms with Crippen LogP contribution in [-0.4, -0.2) is 27.7 Å². The number of nitrogens with one attached hydrogen (secondary N) is 1. The zero-order valence-corrected chi connectivity index (χ0v) is 21.4. The molecule has 6 heteroatoms. The highest BCUT2D eigenvalue weighted by Gasteiger charge is 2.30. The molecule has 1 aromatic heterocycles. The molecule has 1 heterocycles. The van der Waals surface area contributed by atoms with Crippen molar-refractivity contribution < 1.29 is 9.59 Å². The Morgan fingerprint density at radius 3 is 2.08 bits per heavy atom. The van der Waals surface area contributed by atoms with E-state index in [9.17, 15) is 9.59 Å². The van der Waals surface area contributed by atoms with Gasteiger partial charge in [-0.2, -0.15) is 0 Å². The van der Waals surface area contributed by atoms with E-state index in [0.717, 1.165) is 22.3 Å². The molecule has 0 aliphatic heterocycles. The average molecular weight is 512 g/mol. The van der Waals surface area contributed by atoms with Gasteiger partial charge in [0, 0.05) is 43.3 Å². The van der Waals surface area contributed by atoms with Gasteiger partial charge in [-0.3, -0.25) is 14.6 Å². The molecule has 2 amide bonds. The van der Waals surface area contributed by atoms with Gasteiger partial charge in [-0.25, -0.2) is 0 Å². The summed E-state index contributed by atoms with van der Waals surface area (Å²) >= 11 is 6.10. The van der Waals surface area contributed by atoms with Gasteiger partial charge in [0.15, 0.2) is 0 Å². The molecule has 1 atom stereocenters. The average Bonchev–Trinajstić information content (AvgIpc) is 2.95. The highest BCUT2D eigenvalue weighted by molar-refractivity contribution is 6.30. The summed E-state index contributed by atoms with van der Waals surface area (Å²) in [5.74, 6) is -0.272. The first-order valence-corrected chi connectivity index (χ1v) is 12.7. The van der Waals surface area contributed by atoms with E-state index in [1.54, 1.807) is 29.4 Å². The Bertz CT molecular complexity index is 1270. The van der Waals surface area contributed by atoms with Crippen LogP contribution in [0.15, 0.2) is 109 Å². The van der Waals surface area contributed by atoms with E-state index in [0.29, 0.717) is 37.4 Å². The van der Waals surface area contributed by atoms with E-state index < -0.39 is 6.04 Å². The fourth-order valence-corrected chi connectivity index (χ4v) is 4.32. The molecule has 5 nitrogen and oxygen atoms in total. The van der Waals surface area contributed by atoms with Gasteiger partial charge in [-0.05, 0) is 46.9 Å². The highest BCUT2D eigenvalue weighted by atomic mass is 35.5. The number of aromatic nitrogens is 1. The van der Waals surface area contributed by atoms with Crippen molar-refractivity contribution in [1.29, 1.82) is 0 Å². The summed E-state index contributed by atoms with van der Waals surface area (Å²) in [4.78, 5) is 33.2. The maximum Gasteiger partial charge on any atom is 0.243 e. The van der Waals surface area contributed by atoms with Crippen LogP contribution in [0.5, 0.6) is 0 Å². The molecule has 188 valence electrons. The third kappa shape index (κ3) is 8.02. The topological polar surface area (TPSA) is 62.3 Å². The number of halogens is 1. The van der Waals surface area contributed by atoms with E-state index in [2.05, 4.69) is 10.3 Å². The van der Waals surface area contributed by atoms with Gasteiger partial charge in [0.25, 0.3) is 0 Å². The van der Waals surface area contributed by atoms with Crippen molar-refractivity contribution in [1.82, 2.24) is 15.2 Å². The van der Waals surface area contributed by atoms with Crippen molar-refractivity contribution in [2.45, 2.75) is 38.4 Å². The second kappa shape index (κ2) is 13.4. The van der Waals surface area contributed by atoms with Gasteiger partial charge in [0.1, 0.15) is 6.04 Å². The van der Waals surface area contributed by atoms with E-state index in [-0.39, 0.29) is 11.8 Å². The van der Waals surface area contributed by atoms with Crippen LogP contribution >= 0.6 is 11.6 Å². The molecule has 37 heavy (non-hydrogen) atoms. The molecule has 0 aliphatic carbocycles. The first-order chi connectivity index (χ1) is 18.1. The van der Waals surface area contributed by atoms with Crippen LogP contribution in [0.2, 0.25) is 5.02 Å². The largest absolute Gasteiger partial charge is 0.350 e. The van der Waals surface area contributed by atoms with Crippen molar-refractivity contribution in [2.75, 3.05) is 0 Å². The Morgan fingerprint density at radius 1 is 0.784 bits per heavy atom. The van der Waals surface area contributed by atoms with Gasteiger partial charge in [-0.15, -0.1) is 0 Å². The molecule has 4 aromatic rings. The summed E-state index contributed by atoms with van der Waals surface area (Å²) in [6, 6.07) is 30.2. The first-order valence-electron chi connectivity index (χ1n) is 12.4. The Kier molecular flexibility index (Phi) is 9.44. The fraction of sp³-hybridized carbons (Fsp3) is 0.194. The number of amides is 2. The van der Waals surface area contributed by atoms with Crippen LogP contribution in [0.3, 0.4) is 0 Å². The number of pyridine rings is 1. The van der Waals surface area contributed by atoms with E-state index >= 15 is 0 Å². The van der Waals surface area contributed by atoms with Gasteiger partial charge >= 0.3 is 0 Å². The zero-order valence-electron chi connectivity index (χ0n) is 20.6. The molecule has 0 spiro atoms. The molecule has 0 saturated heterocycles. The molecule has 1 N–H and O–H groups in total. The number of carbonyl (C=O) groups excluding carboxylic acids is 2. The lowest BCUT2D eigenvalue weighted by Crippen LogP contribution is -2.50. The molecule has 0 saturated carbocycles. The number of benzene rings is 3. The number of carbonyl (C=O) groups is 2. The molecular weight excluding hydrogens is 482 g/mol. The Hall–Kier alpha value is -3.96. The predicted octanol–water partition coefficient (Wildman–Crippen LogP) is 5.62. The van der Waals surface area contributed by atoms with Gasteiger partial charge in [0.05, 0.1) is 0 Å². The van der Waals surface area contributed by atoms with Crippen LogP contribution in [0.1, 0.15) is 28.7 Å². The minimum absolute atomic E-state index is 0.0729. The maximum absolute atomic E-state index is 13.7. The maximum atomic E-state index is 13.7. The number of rotatable bonds is 11. The van der Waals surface area contributed by atoms with E-state index in [4.69, 9.17) is 11.6 Å². The quantitative estimate of drug-likeness (QED) is 0.284. The Morgan fingerprint density at radius 2 is 1.43 bits per heavy atom. The van der Waals surface area contributed by atoms with Gasteiger partial charge < -0.3 is 10.2 Å². The lowest BCUT2D eigenvalue weighted by atomic mass is 10.0. The summed E-state index contributed by atoms with van der Waals surface area (Å²) < 4.78 is 0. The Balaban J connectivity index is 1.60. The molecule has 4 rings (SSSR count). The number of aryl methyl sites for hydroxylation is 1. The lowest BCUT2D eigenvalue weighted by molar-refractivity contribution is -0.141. The second-order valence-electron chi connectivity index (χ2n) is 8.92. The monoisotopic (exact) mass is 511 g/mol. The minimum atomic E-state index is -0.682. The summed E-state index contributed by atoms with van der Waals surface area (Å²) in [7, 11) is 0. The van der Waals surface area contributed by atoms with Crippen molar-refractivity contribution in [3.05, 3.63) is 137 Å². The number of hydrogen-bond donors (Lipinski definition) is 1. The molecule has 0 unspecified atom stereocenters. The SMILES string of the molecule is O=C(NCc1cccnc1)[C@H](Cc1ccccc1)N(Cc1ccc(Cl)cc1)C(=O)CCc1ccccc1. The summed E-state index contributed by atoms with van der Waals surface area (Å²) in [5.41, 5.74) is 3.88. The molecule has 0 bridgehead atoms. The van der Waals surface area contributed by atoms with Crippen LogP contribution in [-0.2, 0) is 35.5 Å².